The fourth-order valence-electron chi connectivity index (χ4n) is 0.736. The molecule has 1 fully saturated rings. The molecule has 0 aromatic carbocycles. The molecule has 0 bridgehead atoms. The Morgan fingerprint density at radius 2 is 1.83 bits per heavy atom. The molecule has 1 heterocycles. The molecule has 1 saturated heterocycles. The lowest BCUT2D eigenvalue weighted by Crippen LogP contribution is -2.21. The van der Waals surface area contributed by atoms with E-state index >= 15 is 0 Å². The summed E-state index contributed by atoms with van der Waals surface area (Å²) >= 11 is 0. The Labute approximate surface area is 40.2 Å². The van der Waals surface area contributed by atoms with E-state index < -0.39 is 0 Å². The first kappa shape index (κ1) is 3.03. The first-order valence-electron chi connectivity index (χ1n) is 3.08. The Bertz CT molecular complexity index is 50.0. The predicted octanol–water partition coefficient (Wildman–Crippen LogP) is 0.760. The second-order valence-electron chi connectivity index (χ2n) is 1.73. The minimum absolute atomic E-state index is 0.986. The molecule has 36 valence electrons. The highest BCUT2D eigenvalue weighted by Gasteiger charge is 1.93. The molecule has 0 aromatic rings. The van der Waals surface area contributed by atoms with Crippen molar-refractivity contribution >= 4 is 0 Å². The van der Waals surface area contributed by atoms with Gasteiger partial charge in [0.15, 0.2) is 0 Å². The quantitative estimate of drug-likeness (QED) is 0.459. The van der Waals surface area contributed by atoms with Crippen LogP contribution in [0.5, 0.6) is 0 Å². The molecular formula is C5H11N. The van der Waals surface area contributed by atoms with Crippen LogP contribution in [0.1, 0.15) is 19.3 Å². The maximum Gasteiger partial charge on any atom is 0.122 e. The van der Waals surface area contributed by atoms with Gasteiger partial charge >= 0.3 is 0 Å². The fraction of sp³-hybridized carbons (Fsp3) is 1.00. The molecule has 1 heteroatoms. The second-order valence-corrected chi connectivity index (χ2v) is 1.73. The molecule has 0 spiro atoms. The van der Waals surface area contributed by atoms with Gasteiger partial charge in [-0.05, 0) is 25.9 Å². The van der Waals surface area contributed by atoms with Crippen LogP contribution >= 0.6 is 0 Å². The van der Waals surface area contributed by atoms with Crippen molar-refractivity contribution in [3.8, 4) is 0 Å². The first-order valence-corrected chi connectivity index (χ1v) is 2.63. The number of hydrogen-bond donors (Lipinski definition) is 1. The molecule has 0 unspecified atom stereocenters. The summed E-state index contributed by atoms with van der Waals surface area (Å²) in [6, 6.07) is 0. The highest BCUT2D eigenvalue weighted by Crippen LogP contribution is 1.96. The highest BCUT2D eigenvalue weighted by atomic mass is 14.9. The first-order chi connectivity index (χ1) is 3.39. The molecule has 0 radical (unpaired) electrons. The van der Waals surface area contributed by atoms with Crippen molar-refractivity contribution in [3.05, 3.63) is 0 Å². The van der Waals surface area contributed by atoms with Gasteiger partial charge in [0, 0.05) is 0 Å². The van der Waals surface area contributed by atoms with Gasteiger partial charge in [0.25, 0.3) is 0 Å². The van der Waals surface area contributed by atoms with Crippen LogP contribution in [0.15, 0.2) is 0 Å². The minimum Gasteiger partial charge on any atom is -0.317 e. The Morgan fingerprint density at radius 1 is 1.17 bits per heavy atom. The number of piperidine rings is 1. The standard InChI is InChI=1S/C5H11N/c1-2-4-6-5-3-1/h6H,1-5H2/i/hD. The molecule has 1 N–H and O–H groups in total. The largest absolute Gasteiger partial charge is 0.317 e. The summed E-state index contributed by atoms with van der Waals surface area (Å²) in [5, 5.41) is 1.64. The van der Waals surface area contributed by atoms with Gasteiger partial charge in [0.2, 0.25) is 0 Å². The molecule has 0 saturated carbocycles. The van der Waals surface area contributed by atoms with Crippen LogP contribution in [0.25, 0.3) is 0 Å². The molecule has 0 aromatic heterocycles. The zero-order valence-corrected chi connectivity index (χ0v) is 3.98. The van der Waals surface area contributed by atoms with Gasteiger partial charge in [0.1, 0.15) is 1.41 Å². The summed E-state index contributed by atoms with van der Waals surface area (Å²) in [5.41, 5.74) is 0. The van der Waals surface area contributed by atoms with Crippen molar-refractivity contribution in [1.29, 1.82) is 0 Å². The lowest BCUT2D eigenvalue weighted by atomic mass is 10.2. The van der Waals surface area contributed by atoms with E-state index in [0.29, 0.717) is 0 Å². The van der Waals surface area contributed by atoms with Crippen molar-refractivity contribution in [2.24, 2.45) is 0 Å². The Hall–Kier alpha value is -0.0400. The van der Waals surface area contributed by atoms with Gasteiger partial charge in [0.05, 0.1) is 0 Å². The lowest BCUT2D eigenvalue weighted by Gasteiger charge is -2.08. The molecule has 1 nitrogen and oxygen atoms in total. The predicted molar refractivity (Wildman–Crippen MR) is 26.7 cm³/mol. The van der Waals surface area contributed by atoms with Crippen LogP contribution in [0.4, 0.5) is 0 Å². The van der Waals surface area contributed by atoms with Crippen LogP contribution < -0.4 is 5.31 Å². The molecule has 0 amide bonds. The molecule has 1 rings (SSSR count). The van der Waals surface area contributed by atoms with Gasteiger partial charge in [-0.25, -0.2) is 0 Å². The van der Waals surface area contributed by atoms with E-state index in [0.717, 1.165) is 13.1 Å². The molecule has 6 heavy (non-hydrogen) atoms. The van der Waals surface area contributed by atoms with E-state index in [1.165, 1.54) is 19.3 Å². The normalized spacial score (nSPS) is 29.7. The second kappa shape index (κ2) is 2.19. The molecule has 1 aliphatic heterocycles. The third-order valence-corrected chi connectivity index (χ3v) is 1.13. The SMILES string of the molecule is [2H]N1CCCCC1. The fourth-order valence-corrected chi connectivity index (χ4v) is 0.736. The monoisotopic (exact) mass is 86.1 g/mol. The maximum absolute atomic E-state index is 7.11. The summed E-state index contributed by atoms with van der Waals surface area (Å²) < 4.78 is 7.11. The van der Waals surface area contributed by atoms with Crippen molar-refractivity contribution < 1.29 is 1.41 Å². The van der Waals surface area contributed by atoms with Crippen LogP contribution in [-0.4, -0.2) is 13.1 Å². The Balaban J connectivity index is 2.12. The summed E-state index contributed by atoms with van der Waals surface area (Å²) in [5.74, 6) is 0. The average Bonchev–Trinajstić information content (AvgIpc) is 1.69. The van der Waals surface area contributed by atoms with Crippen molar-refractivity contribution in [3.63, 3.8) is 0 Å². The third-order valence-electron chi connectivity index (χ3n) is 1.13. The van der Waals surface area contributed by atoms with Crippen LogP contribution in [-0.2, 0) is 0 Å². The van der Waals surface area contributed by atoms with Gasteiger partial charge in [-0.3, -0.25) is 0 Å². The van der Waals surface area contributed by atoms with Crippen molar-refractivity contribution in [1.82, 2.24) is 5.31 Å². The van der Waals surface area contributed by atoms with E-state index in [-0.39, 0.29) is 0 Å². The van der Waals surface area contributed by atoms with E-state index in [9.17, 15) is 0 Å². The van der Waals surface area contributed by atoms with Crippen molar-refractivity contribution in [2.45, 2.75) is 19.3 Å². The van der Waals surface area contributed by atoms with Gasteiger partial charge in [-0.1, -0.05) is 6.42 Å². The summed E-state index contributed by atoms with van der Waals surface area (Å²) in [6.07, 6.45) is 3.78. The number of nitrogens with one attached hydrogen (secondary N) is 1. The molecule has 1 aliphatic rings. The zero-order valence-electron chi connectivity index (χ0n) is 4.98. The number of hydrogen-bond acceptors (Lipinski definition) is 1. The van der Waals surface area contributed by atoms with E-state index in [1.54, 1.807) is 5.31 Å². The van der Waals surface area contributed by atoms with E-state index in [2.05, 4.69) is 0 Å². The summed E-state index contributed by atoms with van der Waals surface area (Å²) in [6.45, 7) is 1.97. The smallest absolute Gasteiger partial charge is 0.122 e. The third kappa shape index (κ3) is 0.977. The molecule has 0 aliphatic carbocycles. The number of rotatable bonds is 0. The Morgan fingerprint density at radius 3 is 2.17 bits per heavy atom. The van der Waals surface area contributed by atoms with E-state index in [1.807, 2.05) is 0 Å². The van der Waals surface area contributed by atoms with Crippen LogP contribution in [0.2, 0.25) is 1.41 Å². The van der Waals surface area contributed by atoms with Gasteiger partial charge in [-0.15, -0.1) is 0 Å². The minimum atomic E-state index is 0.986. The highest BCUT2D eigenvalue weighted by molar-refractivity contribution is 4.55. The van der Waals surface area contributed by atoms with Crippen LogP contribution in [0, 0.1) is 0 Å². The molecular weight excluding hydrogens is 74.1 g/mol. The zero-order chi connectivity index (χ0) is 5.11. The summed E-state index contributed by atoms with van der Waals surface area (Å²) in [7, 11) is 0. The Kier molecular flexibility index (Phi) is 1.10. The van der Waals surface area contributed by atoms with Gasteiger partial charge < -0.3 is 5.31 Å². The summed E-state index contributed by atoms with van der Waals surface area (Å²) in [4.78, 5) is 0. The average molecular weight is 86.2 g/mol. The lowest BCUT2D eigenvalue weighted by molar-refractivity contribution is 0.520. The van der Waals surface area contributed by atoms with Crippen LogP contribution in [0.3, 0.4) is 0 Å². The molecule has 0 atom stereocenters. The maximum atomic E-state index is 7.11. The van der Waals surface area contributed by atoms with Crippen molar-refractivity contribution in [2.75, 3.05) is 13.1 Å². The van der Waals surface area contributed by atoms with Gasteiger partial charge in [-0.2, -0.15) is 0 Å². The topological polar surface area (TPSA) is 12.0 Å². The van der Waals surface area contributed by atoms with E-state index in [4.69, 9.17) is 1.41 Å².